The Morgan fingerprint density at radius 2 is 1.75 bits per heavy atom. The molecule has 212 valence electrons. The summed E-state index contributed by atoms with van der Waals surface area (Å²) in [5, 5.41) is 9.74. The van der Waals surface area contributed by atoms with E-state index in [-0.39, 0.29) is 17.6 Å². The summed E-state index contributed by atoms with van der Waals surface area (Å²) < 4.78 is 11.7. The predicted octanol–water partition coefficient (Wildman–Crippen LogP) is 4.63. The van der Waals surface area contributed by atoms with E-state index in [2.05, 4.69) is 27.9 Å². The molecule has 0 radical (unpaired) electrons. The zero-order chi connectivity index (χ0) is 28.4. The third-order valence-corrected chi connectivity index (χ3v) is 8.85. The molecule has 3 amide bonds. The minimum atomic E-state index is -1.29. The maximum Gasteiger partial charge on any atom is 0.246 e. The molecule has 4 heterocycles. The number of hydrogen-bond acceptors (Lipinski definition) is 6. The molecule has 2 bridgehead atoms. The lowest BCUT2D eigenvalue weighted by atomic mass is 9.70. The summed E-state index contributed by atoms with van der Waals surface area (Å²) >= 11 is 0. The Bertz CT molecular complexity index is 1370. The monoisotopic (exact) mass is 546 g/mol. The molecule has 40 heavy (non-hydrogen) atoms. The number of hydrogen-bond donors (Lipinski definition) is 2. The van der Waals surface area contributed by atoms with Gasteiger partial charge < -0.3 is 19.9 Å². The van der Waals surface area contributed by atoms with Crippen LogP contribution in [0.1, 0.15) is 77.0 Å². The minimum Gasteiger partial charge on any atom is -0.360 e. The van der Waals surface area contributed by atoms with Crippen molar-refractivity contribution in [3.05, 3.63) is 53.8 Å². The van der Waals surface area contributed by atoms with Crippen LogP contribution in [0.2, 0.25) is 0 Å². The Balaban J connectivity index is 1.38. The minimum absolute atomic E-state index is 0.273. The van der Waals surface area contributed by atoms with Crippen LogP contribution in [0.5, 0.6) is 0 Å². The van der Waals surface area contributed by atoms with E-state index < -0.39 is 40.5 Å². The van der Waals surface area contributed by atoms with Gasteiger partial charge in [0.1, 0.15) is 17.4 Å². The van der Waals surface area contributed by atoms with Crippen molar-refractivity contribution in [2.24, 2.45) is 11.8 Å². The molecule has 3 aliphatic heterocycles. The van der Waals surface area contributed by atoms with Crippen LogP contribution >= 0.6 is 0 Å². The second kappa shape index (κ2) is 9.29. The molecule has 0 unspecified atom stereocenters. The summed E-state index contributed by atoms with van der Waals surface area (Å²) in [5.41, 5.74) is -0.990. The Labute approximate surface area is 234 Å². The molecule has 5 atom stereocenters. The van der Waals surface area contributed by atoms with Crippen LogP contribution in [0.4, 0.5) is 11.5 Å². The molecule has 1 aliphatic carbocycles. The summed E-state index contributed by atoms with van der Waals surface area (Å²) in [5.74, 6) is -1.42. The van der Waals surface area contributed by atoms with Crippen molar-refractivity contribution in [3.8, 4) is 0 Å². The van der Waals surface area contributed by atoms with E-state index in [4.69, 9.17) is 9.26 Å². The number of rotatable bonds is 5. The molecule has 2 saturated heterocycles. The fourth-order valence-corrected chi connectivity index (χ4v) is 7.22. The van der Waals surface area contributed by atoms with Crippen molar-refractivity contribution in [3.63, 3.8) is 0 Å². The second-order valence-corrected chi connectivity index (χ2v) is 13.0. The molecule has 2 aromatic rings. The molecule has 2 N–H and O–H groups in total. The number of benzene rings is 1. The number of amides is 3. The number of fused-ring (bicyclic) bond motifs is 1. The van der Waals surface area contributed by atoms with Gasteiger partial charge in [0.05, 0.1) is 17.4 Å². The van der Waals surface area contributed by atoms with Gasteiger partial charge >= 0.3 is 0 Å². The van der Waals surface area contributed by atoms with Gasteiger partial charge in [-0.3, -0.25) is 19.3 Å². The van der Waals surface area contributed by atoms with Gasteiger partial charge in [-0.05, 0) is 71.1 Å². The van der Waals surface area contributed by atoms with E-state index in [9.17, 15) is 14.4 Å². The highest BCUT2D eigenvalue weighted by atomic mass is 16.5. The van der Waals surface area contributed by atoms with E-state index in [0.717, 1.165) is 0 Å². The summed E-state index contributed by atoms with van der Waals surface area (Å²) in [7, 11) is 0. The van der Waals surface area contributed by atoms with Crippen LogP contribution in [-0.4, -0.2) is 45.7 Å². The lowest BCUT2D eigenvalue weighted by molar-refractivity contribution is -0.131. The van der Waals surface area contributed by atoms with Crippen molar-refractivity contribution < 1.29 is 23.6 Å². The zero-order valence-corrected chi connectivity index (χ0v) is 23.8. The topological polar surface area (TPSA) is 114 Å². The zero-order valence-electron chi connectivity index (χ0n) is 23.8. The number of carbonyl (C=O) groups excluding carboxylic acids is 3. The van der Waals surface area contributed by atoms with Gasteiger partial charge in [-0.25, -0.2) is 0 Å². The first kappa shape index (κ1) is 26.7. The molecule has 9 heteroatoms. The number of aryl methyl sites for hydroxylation is 1. The molecule has 1 spiro atoms. The lowest BCUT2D eigenvalue weighted by Gasteiger charge is -2.35. The van der Waals surface area contributed by atoms with Crippen LogP contribution in [-0.2, 0) is 19.1 Å². The van der Waals surface area contributed by atoms with Crippen LogP contribution in [0.3, 0.4) is 0 Å². The fourth-order valence-electron chi connectivity index (χ4n) is 7.22. The predicted molar refractivity (Wildman–Crippen MR) is 150 cm³/mol. The molecular weight excluding hydrogens is 508 g/mol. The van der Waals surface area contributed by atoms with E-state index in [0.29, 0.717) is 17.4 Å². The van der Waals surface area contributed by atoms with E-state index in [1.165, 1.54) is 37.7 Å². The molecule has 6 rings (SSSR count). The first-order chi connectivity index (χ1) is 18.9. The summed E-state index contributed by atoms with van der Waals surface area (Å²) in [6, 6.07) is 8.67. The molecule has 1 saturated carbocycles. The molecule has 3 fully saturated rings. The van der Waals surface area contributed by atoms with Gasteiger partial charge in [-0.1, -0.05) is 48.7 Å². The van der Waals surface area contributed by atoms with Crippen molar-refractivity contribution in [2.75, 3.05) is 10.2 Å². The maximum absolute atomic E-state index is 14.4. The Morgan fingerprint density at radius 3 is 2.38 bits per heavy atom. The molecule has 4 aliphatic rings. The fraction of sp³-hybridized carbons (Fsp3) is 0.548. The number of aromatic nitrogens is 1. The number of nitrogens with zero attached hydrogens (tertiary/aromatic N) is 2. The van der Waals surface area contributed by atoms with Crippen LogP contribution < -0.4 is 15.5 Å². The standard InChI is InChI=1S/C31H38N4O5/c1-18-17-22(34-39-18)32-26(36)23-24-28(38)35(21-13-11-20(12-14-21)19-9-7-6-8-10-19)25(27(37)33-29(2,3)4)31(24)16-15-30(23,5)40-31/h11-17,19,23-25H,6-10H2,1-5H3,(H,33,37)(H,32,34,36)/t23-,24-,25-,30+,31+/m0/s1. The Kier molecular flexibility index (Phi) is 6.22. The maximum atomic E-state index is 14.4. The highest BCUT2D eigenvalue weighted by Crippen LogP contribution is 2.60. The molecule has 1 aromatic heterocycles. The van der Waals surface area contributed by atoms with Gasteiger partial charge in [0.15, 0.2) is 5.82 Å². The number of ether oxygens (including phenoxy) is 1. The number of anilines is 2. The first-order valence-corrected chi connectivity index (χ1v) is 14.3. The SMILES string of the molecule is Cc1cc(NC(=O)[C@@H]2[C@H]3C(=O)N(c4ccc(C5CCCCC5)cc4)[C@@H](C(=O)NC(C)(C)C)[C@@]34C=C[C@@]2(C)O4)no1. The second-order valence-electron chi connectivity index (χ2n) is 13.0. The summed E-state index contributed by atoms with van der Waals surface area (Å²) in [6.07, 6.45) is 9.73. The lowest BCUT2D eigenvalue weighted by Crippen LogP contribution is -2.58. The van der Waals surface area contributed by atoms with Crippen LogP contribution in [0.25, 0.3) is 0 Å². The largest absolute Gasteiger partial charge is 0.360 e. The van der Waals surface area contributed by atoms with Crippen LogP contribution in [0.15, 0.2) is 47.0 Å². The molecule has 9 nitrogen and oxygen atoms in total. The number of carbonyl (C=O) groups is 3. The highest BCUT2D eigenvalue weighted by molar-refractivity contribution is 6.11. The average molecular weight is 547 g/mol. The third kappa shape index (κ3) is 4.26. The van der Waals surface area contributed by atoms with Gasteiger partial charge in [-0.15, -0.1) is 0 Å². The number of nitrogens with one attached hydrogen (secondary N) is 2. The highest BCUT2D eigenvalue weighted by Gasteiger charge is 2.76. The van der Waals surface area contributed by atoms with Gasteiger partial charge in [0, 0.05) is 17.3 Å². The third-order valence-electron chi connectivity index (χ3n) is 8.85. The normalized spacial score (nSPS) is 31.5. The Morgan fingerprint density at radius 1 is 1.05 bits per heavy atom. The first-order valence-electron chi connectivity index (χ1n) is 14.3. The van der Waals surface area contributed by atoms with Crippen molar-refractivity contribution in [2.45, 2.75) is 95.4 Å². The summed E-state index contributed by atoms with van der Waals surface area (Å²) in [6.45, 7) is 9.24. The van der Waals surface area contributed by atoms with Gasteiger partial charge in [0.25, 0.3) is 0 Å². The van der Waals surface area contributed by atoms with E-state index in [1.807, 2.05) is 45.1 Å². The van der Waals surface area contributed by atoms with Crippen molar-refractivity contribution >= 4 is 29.2 Å². The quantitative estimate of drug-likeness (QED) is 0.529. The smallest absolute Gasteiger partial charge is 0.246 e. The van der Waals surface area contributed by atoms with Crippen LogP contribution in [0, 0.1) is 18.8 Å². The molecule has 1 aromatic carbocycles. The van der Waals surface area contributed by atoms with Gasteiger partial charge in [-0.2, -0.15) is 0 Å². The van der Waals surface area contributed by atoms with E-state index >= 15 is 0 Å². The average Bonchev–Trinajstić information content (AvgIpc) is 3.60. The Hall–Kier alpha value is -3.46. The van der Waals surface area contributed by atoms with E-state index in [1.54, 1.807) is 24.8 Å². The van der Waals surface area contributed by atoms with Crippen molar-refractivity contribution in [1.29, 1.82) is 0 Å². The molecular formula is C31H38N4O5. The van der Waals surface area contributed by atoms with Gasteiger partial charge in [0.2, 0.25) is 17.7 Å². The van der Waals surface area contributed by atoms with Crippen molar-refractivity contribution in [1.82, 2.24) is 10.5 Å². The summed E-state index contributed by atoms with van der Waals surface area (Å²) in [4.78, 5) is 43.6.